The highest BCUT2D eigenvalue weighted by molar-refractivity contribution is 5.74. The van der Waals surface area contributed by atoms with E-state index in [0.717, 1.165) is 83.5 Å². The third-order valence-corrected chi connectivity index (χ3v) is 8.55. The second-order valence-corrected chi connectivity index (χ2v) is 13.2. The number of esters is 2. The summed E-state index contributed by atoms with van der Waals surface area (Å²) >= 11 is 0. The molecule has 0 saturated heterocycles. The lowest BCUT2D eigenvalue weighted by molar-refractivity contribution is -0.150. The molecule has 2 aliphatic carbocycles. The molecule has 0 aromatic heterocycles. The maximum absolute atomic E-state index is 12.5. The second-order valence-electron chi connectivity index (χ2n) is 13.2. The van der Waals surface area contributed by atoms with Crippen LogP contribution in [0.4, 0.5) is 0 Å². The van der Waals surface area contributed by atoms with E-state index >= 15 is 0 Å². The number of hydrogen-bond donors (Lipinski definition) is 0. The minimum absolute atomic E-state index is 0.0464. The normalized spacial score (nSPS) is 20.7. The van der Waals surface area contributed by atoms with Gasteiger partial charge in [0, 0.05) is 6.42 Å². The second kappa shape index (κ2) is 21.1. The van der Waals surface area contributed by atoms with E-state index in [2.05, 4.69) is 78.0 Å². The quantitative estimate of drug-likeness (QED) is 0.0902. The van der Waals surface area contributed by atoms with Crippen LogP contribution in [0.1, 0.15) is 131 Å². The Balaban J connectivity index is 1.55. The molecule has 0 aromatic rings. The van der Waals surface area contributed by atoms with Gasteiger partial charge in [-0.15, -0.1) is 0 Å². The van der Waals surface area contributed by atoms with Crippen LogP contribution in [0.3, 0.4) is 0 Å². The molecular weight excluding hydrogens is 532 g/mol. The molecule has 4 nitrogen and oxygen atoms in total. The van der Waals surface area contributed by atoms with Gasteiger partial charge < -0.3 is 9.47 Å². The third-order valence-electron chi connectivity index (χ3n) is 8.55. The lowest BCUT2D eigenvalue weighted by atomic mass is 9.86. The molecule has 240 valence electrons. The molecule has 0 fully saturated rings. The van der Waals surface area contributed by atoms with Gasteiger partial charge in [-0.1, -0.05) is 70.4 Å². The van der Waals surface area contributed by atoms with Gasteiger partial charge in [-0.2, -0.15) is 0 Å². The lowest BCUT2D eigenvalue weighted by Gasteiger charge is -2.22. The summed E-state index contributed by atoms with van der Waals surface area (Å²) < 4.78 is 11.0. The SMILES string of the molecule is CC(C)=CCC/C(C)=C/CCC1=CCC(C(=O)OCCCOC(=O)C2C=CC(CC/C=C(\C)CCC=C(C)C)CC2)CC1. The van der Waals surface area contributed by atoms with Crippen molar-refractivity contribution in [3.8, 4) is 0 Å². The van der Waals surface area contributed by atoms with E-state index in [-0.39, 0.29) is 23.8 Å². The molecule has 2 rings (SSSR count). The molecule has 0 amide bonds. The number of rotatable bonds is 18. The maximum atomic E-state index is 12.5. The van der Waals surface area contributed by atoms with Crippen LogP contribution in [-0.2, 0) is 19.1 Å². The Hall–Kier alpha value is -2.62. The van der Waals surface area contributed by atoms with Crippen LogP contribution >= 0.6 is 0 Å². The van der Waals surface area contributed by atoms with E-state index in [9.17, 15) is 9.59 Å². The minimum atomic E-state index is -0.154. The molecule has 4 heteroatoms. The van der Waals surface area contributed by atoms with E-state index < -0.39 is 0 Å². The number of hydrogen-bond acceptors (Lipinski definition) is 4. The Bertz CT molecular complexity index is 1040. The molecule has 3 atom stereocenters. The molecule has 0 bridgehead atoms. The average Bonchev–Trinajstić information content (AvgIpc) is 2.97. The van der Waals surface area contributed by atoms with Crippen molar-refractivity contribution in [1.82, 2.24) is 0 Å². The highest BCUT2D eigenvalue weighted by Gasteiger charge is 2.24. The van der Waals surface area contributed by atoms with Gasteiger partial charge in [0.2, 0.25) is 0 Å². The van der Waals surface area contributed by atoms with Crippen LogP contribution in [-0.4, -0.2) is 25.2 Å². The number of allylic oxidation sites excluding steroid dienone is 11. The number of carbonyl (C=O) groups excluding carboxylic acids is 2. The molecule has 43 heavy (non-hydrogen) atoms. The summed E-state index contributed by atoms with van der Waals surface area (Å²) in [4.78, 5) is 25.0. The van der Waals surface area contributed by atoms with Crippen LogP contribution in [0.25, 0.3) is 0 Å². The Kier molecular flexibility index (Phi) is 18.0. The summed E-state index contributed by atoms with van der Waals surface area (Å²) in [6.45, 7) is 13.6. The van der Waals surface area contributed by atoms with Gasteiger partial charge >= 0.3 is 11.9 Å². The lowest BCUT2D eigenvalue weighted by Crippen LogP contribution is -2.22. The molecule has 0 radical (unpaired) electrons. The average molecular weight is 593 g/mol. The van der Waals surface area contributed by atoms with Gasteiger partial charge in [-0.25, -0.2) is 0 Å². The Labute approximate surface area is 263 Å². The van der Waals surface area contributed by atoms with Gasteiger partial charge in [-0.3, -0.25) is 9.59 Å². The smallest absolute Gasteiger partial charge is 0.312 e. The van der Waals surface area contributed by atoms with E-state index in [1.165, 1.54) is 27.9 Å². The van der Waals surface area contributed by atoms with Crippen LogP contribution in [0.5, 0.6) is 0 Å². The van der Waals surface area contributed by atoms with Crippen molar-refractivity contribution in [2.75, 3.05) is 13.2 Å². The molecule has 0 N–H and O–H groups in total. The summed E-state index contributed by atoms with van der Waals surface area (Å²) in [5.74, 6) is 0.0783. The predicted molar refractivity (Wildman–Crippen MR) is 181 cm³/mol. The standard InChI is InChI=1S/C39H60O4/c1-30(2)12-7-14-32(5)16-9-18-34-20-24-36(25-21-34)38(40)42-28-11-29-43-39(41)37-26-22-35(23-27-37)19-10-17-33(6)15-8-13-31(3)4/h12-13,16-17,20,22,24,34,36-37H,7-11,14-15,18-19,21,23,25-29H2,1-6H3/b32-16+,33-17+. The monoisotopic (exact) mass is 592 g/mol. The van der Waals surface area contributed by atoms with E-state index in [4.69, 9.17) is 9.47 Å². The highest BCUT2D eigenvalue weighted by Crippen LogP contribution is 2.28. The predicted octanol–water partition coefficient (Wildman–Crippen LogP) is 10.7. The third kappa shape index (κ3) is 16.7. The minimum Gasteiger partial charge on any atom is -0.465 e. The first kappa shape index (κ1) is 36.6. The van der Waals surface area contributed by atoms with E-state index in [1.54, 1.807) is 0 Å². The fourth-order valence-corrected chi connectivity index (χ4v) is 5.70. The van der Waals surface area contributed by atoms with Crippen molar-refractivity contribution >= 4 is 11.9 Å². The molecule has 0 aliphatic heterocycles. The summed E-state index contributed by atoms with van der Waals surface area (Å²) in [6.07, 6.45) is 29.8. The fourth-order valence-electron chi connectivity index (χ4n) is 5.70. The van der Waals surface area contributed by atoms with Crippen molar-refractivity contribution in [3.63, 3.8) is 0 Å². The van der Waals surface area contributed by atoms with Crippen LogP contribution in [0.2, 0.25) is 0 Å². The maximum Gasteiger partial charge on any atom is 0.312 e. The fraction of sp³-hybridized carbons (Fsp3) is 0.641. The van der Waals surface area contributed by atoms with Crippen molar-refractivity contribution in [2.24, 2.45) is 17.8 Å². The first-order valence-electron chi connectivity index (χ1n) is 16.9. The van der Waals surface area contributed by atoms with Crippen molar-refractivity contribution in [2.45, 2.75) is 131 Å². The van der Waals surface area contributed by atoms with E-state index in [0.29, 0.717) is 25.6 Å². The summed E-state index contributed by atoms with van der Waals surface area (Å²) in [6, 6.07) is 0. The zero-order valence-corrected chi connectivity index (χ0v) is 28.2. The topological polar surface area (TPSA) is 52.6 Å². The zero-order valence-electron chi connectivity index (χ0n) is 28.2. The van der Waals surface area contributed by atoms with Gasteiger partial charge in [-0.05, 0) is 131 Å². The van der Waals surface area contributed by atoms with Crippen molar-refractivity contribution in [1.29, 1.82) is 0 Å². The molecule has 0 aromatic carbocycles. The highest BCUT2D eigenvalue weighted by atomic mass is 16.5. The van der Waals surface area contributed by atoms with Crippen LogP contribution < -0.4 is 0 Å². The molecule has 0 saturated carbocycles. The van der Waals surface area contributed by atoms with Crippen LogP contribution in [0.15, 0.2) is 70.4 Å². The van der Waals surface area contributed by atoms with Gasteiger partial charge in [0.05, 0.1) is 25.0 Å². The summed E-state index contributed by atoms with van der Waals surface area (Å²) in [5.41, 5.74) is 7.15. The van der Waals surface area contributed by atoms with Crippen LogP contribution in [0, 0.1) is 17.8 Å². The Morgan fingerprint density at radius 2 is 1.37 bits per heavy atom. The van der Waals surface area contributed by atoms with Crippen molar-refractivity contribution in [3.05, 3.63) is 70.4 Å². The number of ether oxygens (including phenoxy) is 2. The van der Waals surface area contributed by atoms with Gasteiger partial charge in [0.15, 0.2) is 0 Å². The molecule has 2 aliphatic rings. The van der Waals surface area contributed by atoms with Crippen molar-refractivity contribution < 1.29 is 19.1 Å². The van der Waals surface area contributed by atoms with Gasteiger partial charge in [0.1, 0.15) is 0 Å². The summed E-state index contributed by atoms with van der Waals surface area (Å²) in [7, 11) is 0. The molecule has 0 heterocycles. The van der Waals surface area contributed by atoms with Gasteiger partial charge in [0.25, 0.3) is 0 Å². The largest absolute Gasteiger partial charge is 0.465 e. The zero-order chi connectivity index (χ0) is 31.5. The molecule has 3 unspecified atom stereocenters. The van der Waals surface area contributed by atoms with E-state index in [1.807, 2.05) is 6.08 Å². The molecule has 0 spiro atoms. The Morgan fingerprint density at radius 1 is 0.744 bits per heavy atom. The number of carbonyl (C=O) groups is 2. The summed E-state index contributed by atoms with van der Waals surface area (Å²) in [5, 5.41) is 0. The molecular formula is C39H60O4. The first-order chi connectivity index (χ1) is 20.6. The first-order valence-corrected chi connectivity index (χ1v) is 16.9. The Morgan fingerprint density at radius 3 is 1.93 bits per heavy atom.